The lowest BCUT2D eigenvalue weighted by atomic mass is 10.1. The molecule has 1 saturated heterocycles. The molecule has 2 heterocycles. The smallest absolute Gasteiger partial charge is 0.257 e. The summed E-state index contributed by atoms with van der Waals surface area (Å²) in [7, 11) is 0. The van der Waals surface area contributed by atoms with Crippen LogP contribution in [0.5, 0.6) is 0 Å². The number of hydrogen-bond donors (Lipinski definition) is 1. The molecule has 23 heavy (non-hydrogen) atoms. The number of nitrogens with one attached hydrogen (secondary N) is 1. The lowest BCUT2D eigenvalue weighted by Crippen LogP contribution is -2.42. The van der Waals surface area contributed by atoms with E-state index in [-0.39, 0.29) is 5.91 Å². The second kappa shape index (κ2) is 6.96. The van der Waals surface area contributed by atoms with Crippen molar-refractivity contribution < 1.29 is 4.79 Å². The Labute approximate surface area is 137 Å². The Hall–Kier alpha value is -2.14. The predicted octanol–water partition coefficient (Wildman–Crippen LogP) is 2.39. The van der Waals surface area contributed by atoms with Crippen LogP contribution in [-0.4, -0.2) is 46.3 Å². The first-order chi connectivity index (χ1) is 11.2. The number of aromatic nitrogens is 2. The van der Waals surface area contributed by atoms with Crippen LogP contribution >= 0.6 is 0 Å². The van der Waals surface area contributed by atoms with Gasteiger partial charge in [-0.2, -0.15) is 5.10 Å². The molecule has 0 spiro atoms. The third-order valence-corrected chi connectivity index (χ3v) is 4.35. The van der Waals surface area contributed by atoms with Crippen LogP contribution in [0.15, 0.2) is 36.5 Å². The van der Waals surface area contributed by atoms with Gasteiger partial charge in [-0.3, -0.25) is 4.79 Å². The van der Waals surface area contributed by atoms with E-state index in [1.807, 2.05) is 48.4 Å². The lowest BCUT2D eigenvalue weighted by molar-refractivity contribution is 0.0691. The quantitative estimate of drug-likeness (QED) is 0.922. The summed E-state index contributed by atoms with van der Waals surface area (Å²) in [5, 5.41) is 7.87. The van der Waals surface area contributed by atoms with Gasteiger partial charge in [-0.1, -0.05) is 25.1 Å². The molecule has 1 N–H and O–H groups in total. The van der Waals surface area contributed by atoms with E-state index < -0.39 is 0 Å². The van der Waals surface area contributed by atoms with Crippen LogP contribution < -0.4 is 5.32 Å². The van der Waals surface area contributed by atoms with Crippen molar-refractivity contribution in [2.24, 2.45) is 0 Å². The molecular formula is C18H24N4O. The summed E-state index contributed by atoms with van der Waals surface area (Å²) in [4.78, 5) is 15.0. The van der Waals surface area contributed by atoms with Gasteiger partial charge in [-0.25, -0.2) is 4.68 Å². The van der Waals surface area contributed by atoms with Crippen LogP contribution in [0.4, 0.5) is 0 Å². The molecule has 1 aromatic carbocycles. The molecule has 5 heteroatoms. The van der Waals surface area contributed by atoms with Crippen molar-refractivity contribution in [3.63, 3.8) is 0 Å². The first kappa shape index (κ1) is 15.7. The summed E-state index contributed by atoms with van der Waals surface area (Å²) >= 11 is 0. The van der Waals surface area contributed by atoms with Gasteiger partial charge in [0.15, 0.2) is 0 Å². The molecule has 1 amide bonds. The van der Waals surface area contributed by atoms with E-state index in [9.17, 15) is 4.79 Å². The number of nitrogens with zero attached hydrogens (tertiary/aromatic N) is 3. The lowest BCUT2D eigenvalue weighted by Gasteiger charge is -2.28. The van der Waals surface area contributed by atoms with Gasteiger partial charge in [0.25, 0.3) is 5.91 Å². The maximum atomic E-state index is 13.0. The van der Waals surface area contributed by atoms with E-state index in [1.54, 1.807) is 4.68 Å². The Morgan fingerprint density at radius 3 is 2.83 bits per heavy atom. The molecule has 0 saturated carbocycles. The normalized spacial score (nSPS) is 17.4. The van der Waals surface area contributed by atoms with Crippen LogP contribution in [0.3, 0.4) is 0 Å². The Morgan fingerprint density at radius 1 is 1.39 bits per heavy atom. The fraction of sp³-hybridized carbons (Fsp3) is 0.444. The SMILES string of the molecule is CCCN(C(=O)c1cn(-c2ccccc2)nc1C)C1CCNC1. The Balaban J connectivity index is 1.87. The van der Waals surface area contributed by atoms with E-state index >= 15 is 0 Å². The molecule has 1 aliphatic rings. The number of rotatable bonds is 5. The van der Waals surface area contributed by atoms with Gasteiger partial charge in [0.2, 0.25) is 0 Å². The van der Waals surface area contributed by atoms with Gasteiger partial charge in [-0.15, -0.1) is 0 Å². The summed E-state index contributed by atoms with van der Waals surface area (Å²) in [5.74, 6) is 0.0974. The minimum absolute atomic E-state index is 0.0974. The minimum atomic E-state index is 0.0974. The highest BCUT2D eigenvalue weighted by atomic mass is 16.2. The molecule has 1 aliphatic heterocycles. The number of aryl methyl sites for hydroxylation is 1. The predicted molar refractivity (Wildman–Crippen MR) is 90.9 cm³/mol. The number of hydrogen-bond acceptors (Lipinski definition) is 3. The number of benzene rings is 1. The van der Waals surface area contributed by atoms with Crippen LogP contribution in [0.2, 0.25) is 0 Å². The first-order valence-corrected chi connectivity index (χ1v) is 8.34. The van der Waals surface area contributed by atoms with E-state index in [0.29, 0.717) is 11.6 Å². The third-order valence-electron chi connectivity index (χ3n) is 4.35. The Bertz CT molecular complexity index is 659. The summed E-state index contributed by atoms with van der Waals surface area (Å²) in [6, 6.07) is 10.2. The van der Waals surface area contributed by atoms with Gasteiger partial charge in [0.05, 0.1) is 16.9 Å². The highest BCUT2D eigenvalue weighted by molar-refractivity contribution is 5.95. The van der Waals surface area contributed by atoms with Crippen molar-refractivity contribution in [1.82, 2.24) is 20.0 Å². The van der Waals surface area contributed by atoms with Crippen LogP contribution in [-0.2, 0) is 0 Å². The molecule has 122 valence electrons. The molecule has 0 aliphatic carbocycles. The molecule has 0 radical (unpaired) electrons. The van der Waals surface area contributed by atoms with Crippen molar-refractivity contribution in [2.45, 2.75) is 32.7 Å². The van der Waals surface area contributed by atoms with Crippen LogP contribution in [0.1, 0.15) is 35.8 Å². The topological polar surface area (TPSA) is 50.2 Å². The molecule has 1 aromatic heterocycles. The zero-order valence-corrected chi connectivity index (χ0v) is 13.8. The van der Waals surface area contributed by atoms with E-state index in [0.717, 1.165) is 43.9 Å². The molecule has 1 fully saturated rings. The highest BCUT2D eigenvalue weighted by Crippen LogP contribution is 2.18. The Morgan fingerprint density at radius 2 is 2.17 bits per heavy atom. The number of carbonyl (C=O) groups excluding carboxylic acids is 1. The number of carbonyl (C=O) groups is 1. The maximum absolute atomic E-state index is 13.0. The van der Waals surface area contributed by atoms with Gasteiger partial charge >= 0.3 is 0 Å². The summed E-state index contributed by atoms with van der Waals surface area (Å²) < 4.78 is 1.79. The zero-order chi connectivity index (χ0) is 16.2. The van der Waals surface area contributed by atoms with Gasteiger partial charge in [-0.05, 0) is 38.4 Å². The molecule has 2 aromatic rings. The molecule has 0 bridgehead atoms. The molecular weight excluding hydrogens is 288 g/mol. The average Bonchev–Trinajstić information content (AvgIpc) is 3.22. The minimum Gasteiger partial charge on any atom is -0.334 e. The number of para-hydroxylation sites is 1. The van der Waals surface area contributed by atoms with Crippen molar-refractivity contribution >= 4 is 5.91 Å². The molecule has 5 nitrogen and oxygen atoms in total. The van der Waals surface area contributed by atoms with Gasteiger partial charge < -0.3 is 10.2 Å². The summed E-state index contributed by atoms with van der Waals surface area (Å²) in [5.41, 5.74) is 2.46. The van der Waals surface area contributed by atoms with Crippen molar-refractivity contribution in [1.29, 1.82) is 0 Å². The third kappa shape index (κ3) is 3.29. The first-order valence-electron chi connectivity index (χ1n) is 8.34. The largest absolute Gasteiger partial charge is 0.334 e. The summed E-state index contributed by atoms with van der Waals surface area (Å²) in [6.45, 7) is 6.69. The molecule has 3 rings (SSSR count). The Kier molecular flexibility index (Phi) is 4.76. The van der Waals surface area contributed by atoms with Gasteiger partial charge in [0.1, 0.15) is 0 Å². The van der Waals surface area contributed by atoms with Gasteiger partial charge in [0, 0.05) is 25.3 Å². The summed E-state index contributed by atoms with van der Waals surface area (Å²) in [6.07, 6.45) is 3.85. The second-order valence-electron chi connectivity index (χ2n) is 6.05. The monoisotopic (exact) mass is 312 g/mol. The van der Waals surface area contributed by atoms with E-state index in [1.165, 1.54) is 0 Å². The fourth-order valence-corrected chi connectivity index (χ4v) is 3.13. The average molecular weight is 312 g/mol. The zero-order valence-electron chi connectivity index (χ0n) is 13.8. The van der Waals surface area contributed by atoms with Crippen LogP contribution in [0, 0.1) is 6.92 Å². The van der Waals surface area contributed by atoms with Crippen molar-refractivity contribution in [3.8, 4) is 5.69 Å². The van der Waals surface area contributed by atoms with E-state index in [4.69, 9.17) is 0 Å². The fourth-order valence-electron chi connectivity index (χ4n) is 3.13. The number of amides is 1. The molecule has 1 unspecified atom stereocenters. The van der Waals surface area contributed by atoms with E-state index in [2.05, 4.69) is 17.3 Å². The standard InChI is InChI=1S/C18H24N4O/c1-3-11-21(16-9-10-19-12-16)18(23)17-13-22(20-14(17)2)15-7-5-4-6-8-15/h4-8,13,16,19H,3,9-12H2,1-2H3. The van der Waals surface area contributed by atoms with Crippen molar-refractivity contribution in [2.75, 3.05) is 19.6 Å². The molecule has 1 atom stereocenters. The second-order valence-corrected chi connectivity index (χ2v) is 6.05. The maximum Gasteiger partial charge on any atom is 0.257 e. The van der Waals surface area contributed by atoms with Crippen molar-refractivity contribution in [3.05, 3.63) is 47.8 Å². The van der Waals surface area contributed by atoms with Crippen LogP contribution in [0.25, 0.3) is 5.69 Å². The highest BCUT2D eigenvalue weighted by Gasteiger charge is 2.28.